The van der Waals surface area contributed by atoms with Gasteiger partial charge in [0.25, 0.3) is 0 Å². The SMILES string of the molecule is O=C(C[C@@H]1CO[C@@H]2CN(c3ncccn3)C[C@H]12)NCc1ccccn1.O=C(O)C(F)(F)F.O=C(O)C(F)(F)F. The fourth-order valence-electron chi connectivity index (χ4n) is 3.63. The van der Waals surface area contributed by atoms with Gasteiger partial charge in [0, 0.05) is 44.0 Å². The van der Waals surface area contributed by atoms with E-state index in [9.17, 15) is 31.1 Å². The van der Waals surface area contributed by atoms with E-state index in [1.807, 2.05) is 24.3 Å². The van der Waals surface area contributed by atoms with Crippen LogP contribution in [0.2, 0.25) is 0 Å². The Morgan fingerprint density at radius 1 is 0.923 bits per heavy atom. The van der Waals surface area contributed by atoms with E-state index in [0.29, 0.717) is 25.5 Å². The van der Waals surface area contributed by atoms with E-state index < -0.39 is 24.3 Å². The van der Waals surface area contributed by atoms with E-state index in [-0.39, 0.29) is 17.9 Å². The smallest absolute Gasteiger partial charge is 0.475 e. The van der Waals surface area contributed by atoms with Crippen molar-refractivity contribution in [1.82, 2.24) is 20.3 Å². The molecule has 2 saturated heterocycles. The number of alkyl halides is 6. The van der Waals surface area contributed by atoms with E-state index in [0.717, 1.165) is 24.7 Å². The Morgan fingerprint density at radius 2 is 1.49 bits per heavy atom. The normalized spacial score (nSPS) is 20.1. The average Bonchev–Trinajstić information content (AvgIpc) is 3.46. The number of nitrogens with zero attached hydrogens (tertiary/aromatic N) is 4. The second kappa shape index (κ2) is 13.7. The summed E-state index contributed by atoms with van der Waals surface area (Å²) in [5.41, 5.74) is 0.865. The number of halogens is 6. The molecule has 4 rings (SSSR count). The Bertz CT molecular complexity index is 1070. The number of aromatic nitrogens is 3. The zero-order valence-corrected chi connectivity index (χ0v) is 19.9. The summed E-state index contributed by atoms with van der Waals surface area (Å²) in [6, 6.07) is 7.50. The third kappa shape index (κ3) is 10.3. The summed E-state index contributed by atoms with van der Waals surface area (Å²) in [6.45, 7) is 2.74. The van der Waals surface area contributed by atoms with Crippen molar-refractivity contribution in [3.05, 3.63) is 48.5 Å². The van der Waals surface area contributed by atoms with Crippen LogP contribution in [0.5, 0.6) is 0 Å². The number of ether oxygens (including phenoxy) is 1. The van der Waals surface area contributed by atoms with Gasteiger partial charge >= 0.3 is 24.3 Å². The quantitative estimate of drug-likeness (QED) is 0.459. The number of carbonyl (C=O) groups is 3. The van der Waals surface area contributed by atoms with Gasteiger partial charge in [0.2, 0.25) is 11.9 Å². The molecule has 39 heavy (non-hydrogen) atoms. The molecule has 11 nitrogen and oxygen atoms in total. The second-order valence-corrected chi connectivity index (χ2v) is 8.16. The lowest BCUT2D eigenvalue weighted by molar-refractivity contribution is -0.193. The van der Waals surface area contributed by atoms with Gasteiger partial charge < -0.3 is 25.2 Å². The number of fused-ring (bicyclic) bond motifs is 1. The first-order valence-electron chi connectivity index (χ1n) is 11.1. The van der Waals surface area contributed by atoms with Crippen molar-refractivity contribution in [3.63, 3.8) is 0 Å². The molecule has 17 heteroatoms. The van der Waals surface area contributed by atoms with E-state index in [1.54, 1.807) is 18.6 Å². The van der Waals surface area contributed by atoms with Crippen LogP contribution in [0.1, 0.15) is 12.1 Å². The molecule has 2 aromatic rings. The molecule has 1 amide bonds. The first-order chi connectivity index (χ1) is 18.2. The molecule has 0 aliphatic carbocycles. The maximum absolute atomic E-state index is 12.3. The lowest BCUT2D eigenvalue weighted by Gasteiger charge is -2.19. The maximum Gasteiger partial charge on any atom is 0.490 e. The van der Waals surface area contributed by atoms with Crippen LogP contribution in [0, 0.1) is 11.8 Å². The van der Waals surface area contributed by atoms with Crippen LogP contribution in [-0.4, -0.2) is 81.2 Å². The van der Waals surface area contributed by atoms with Crippen molar-refractivity contribution in [3.8, 4) is 0 Å². The molecular formula is C22H23F6N5O6. The minimum absolute atomic E-state index is 0.0503. The number of amides is 1. The predicted octanol–water partition coefficient (Wildman–Crippen LogP) is 2.30. The van der Waals surface area contributed by atoms with Crippen molar-refractivity contribution in [2.75, 3.05) is 24.6 Å². The molecule has 4 heterocycles. The number of anilines is 1. The zero-order chi connectivity index (χ0) is 29.2. The second-order valence-electron chi connectivity index (χ2n) is 8.16. The molecule has 2 aliphatic rings. The van der Waals surface area contributed by atoms with E-state index in [1.165, 1.54) is 0 Å². The molecule has 0 aromatic carbocycles. The number of nitrogens with one attached hydrogen (secondary N) is 1. The van der Waals surface area contributed by atoms with Crippen molar-refractivity contribution in [2.45, 2.75) is 31.4 Å². The minimum Gasteiger partial charge on any atom is -0.475 e. The zero-order valence-electron chi connectivity index (χ0n) is 19.9. The lowest BCUT2D eigenvalue weighted by Crippen LogP contribution is -2.30. The van der Waals surface area contributed by atoms with Gasteiger partial charge in [-0.2, -0.15) is 26.3 Å². The third-order valence-corrected chi connectivity index (χ3v) is 5.40. The Morgan fingerprint density at radius 3 is 2.00 bits per heavy atom. The van der Waals surface area contributed by atoms with Crippen LogP contribution in [0.3, 0.4) is 0 Å². The van der Waals surface area contributed by atoms with Gasteiger partial charge in [0.05, 0.1) is 24.9 Å². The highest BCUT2D eigenvalue weighted by Crippen LogP contribution is 2.36. The molecule has 2 fully saturated rings. The summed E-state index contributed by atoms with van der Waals surface area (Å²) in [4.78, 5) is 45.1. The van der Waals surface area contributed by atoms with Gasteiger partial charge in [-0.25, -0.2) is 19.6 Å². The first-order valence-corrected chi connectivity index (χ1v) is 11.1. The highest BCUT2D eigenvalue weighted by molar-refractivity contribution is 5.76. The highest BCUT2D eigenvalue weighted by Gasteiger charge is 2.45. The summed E-state index contributed by atoms with van der Waals surface area (Å²) in [6.07, 6.45) is -4.29. The number of rotatable bonds is 5. The van der Waals surface area contributed by atoms with Gasteiger partial charge in [-0.1, -0.05) is 6.07 Å². The summed E-state index contributed by atoms with van der Waals surface area (Å²) in [5.74, 6) is -4.14. The van der Waals surface area contributed by atoms with Crippen molar-refractivity contribution < 1.29 is 55.7 Å². The van der Waals surface area contributed by atoms with Crippen LogP contribution in [0.25, 0.3) is 0 Å². The number of hydrogen-bond donors (Lipinski definition) is 3. The molecule has 0 saturated carbocycles. The molecular weight excluding hydrogens is 544 g/mol. The van der Waals surface area contributed by atoms with E-state index in [2.05, 4.69) is 25.2 Å². The first kappa shape index (κ1) is 31.2. The summed E-state index contributed by atoms with van der Waals surface area (Å²) < 4.78 is 69.4. The summed E-state index contributed by atoms with van der Waals surface area (Å²) in [7, 11) is 0. The fraction of sp³-hybridized carbons (Fsp3) is 0.455. The maximum atomic E-state index is 12.3. The molecule has 3 atom stereocenters. The van der Waals surface area contributed by atoms with Gasteiger partial charge in [-0.3, -0.25) is 9.78 Å². The number of pyridine rings is 1. The Kier molecular flexibility index (Phi) is 10.9. The van der Waals surface area contributed by atoms with Gasteiger partial charge in [0.15, 0.2) is 0 Å². The fourth-order valence-corrected chi connectivity index (χ4v) is 3.63. The number of carboxylic acid groups (broad SMARTS) is 2. The third-order valence-electron chi connectivity index (χ3n) is 5.40. The topological polar surface area (TPSA) is 155 Å². The highest BCUT2D eigenvalue weighted by atomic mass is 19.4. The summed E-state index contributed by atoms with van der Waals surface area (Å²) >= 11 is 0. The molecule has 0 spiro atoms. The molecule has 0 bridgehead atoms. The molecule has 2 aliphatic heterocycles. The number of carbonyl (C=O) groups excluding carboxylic acids is 1. The largest absolute Gasteiger partial charge is 0.490 e. The van der Waals surface area contributed by atoms with E-state index >= 15 is 0 Å². The molecule has 0 radical (unpaired) electrons. The predicted molar refractivity (Wildman–Crippen MR) is 119 cm³/mol. The van der Waals surface area contributed by atoms with Gasteiger partial charge in [0.1, 0.15) is 0 Å². The molecule has 0 unspecified atom stereocenters. The number of hydrogen-bond acceptors (Lipinski definition) is 8. The lowest BCUT2D eigenvalue weighted by atomic mass is 9.90. The number of aliphatic carboxylic acids is 2. The molecule has 214 valence electrons. The van der Waals surface area contributed by atoms with Crippen LogP contribution >= 0.6 is 0 Å². The standard InChI is InChI=1S/C18H21N5O2.2C2HF3O2/c24-17(22-9-14-4-1-2-5-19-14)8-13-12-25-16-11-23(10-15(13)16)18-20-6-3-7-21-18;2*3-2(4,5)1(6)7/h1-7,13,15-16H,8-12H2,(H,22,24);2*(H,6,7)/t13-,15-,16-;;/m1../s1. The Balaban J connectivity index is 0.000000317. The van der Waals surface area contributed by atoms with Gasteiger partial charge in [-0.15, -0.1) is 0 Å². The Labute approximate surface area is 216 Å². The number of carboxylic acids is 2. The minimum atomic E-state index is -5.08. The summed E-state index contributed by atoms with van der Waals surface area (Å²) in [5, 5.41) is 17.2. The monoisotopic (exact) mass is 567 g/mol. The van der Waals surface area contributed by atoms with Crippen molar-refractivity contribution in [1.29, 1.82) is 0 Å². The van der Waals surface area contributed by atoms with Crippen LogP contribution in [0.15, 0.2) is 42.9 Å². The van der Waals surface area contributed by atoms with Crippen LogP contribution in [-0.2, 0) is 25.7 Å². The average molecular weight is 567 g/mol. The Hall–Kier alpha value is -4.02. The van der Waals surface area contributed by atoms with Crippen LogP contribution < -0.4 is 10.2 Å². The van der Waals surface area contributed by atoms with E-state index in [4.69, 9.17) is 24.5 Å². The van der Waals surface area contributed by atoms with Gasteiger partial charge in [-0.05, 0) is 24.1 Å². The van der Waals surface area contributed by atoms with Crippen molar-refractivity contribution >= 4 is 23.8 Å². The molecule has 2 aromatic heterocycles. The van der Waals surface area contributed by atoms with Crippen LogP contribution in [0.4, 0.5) is 32.3 Å². The van der Waals surface area contributed by atoms with Crippen molar-refractivity contribution in [2.24, 2.45) is 11.8 Å². The molecule has 3 N–H and O–H groups in total.